The molecule has 0 aromatic heterocycles. The highest BCUT2D eigenvalue weighted by Crippen LogP contribution is 2.41. The summed E-state index contributed by atoms with van der Waals surface area (Å²) in [6, 6.07) is 9.91. The van der Waals surface area contributed by atoms with Crippen LogP contribution in [0.2, 0.25) is 0 Å². The van der Waals surface area contributed by atoms with Gasteiger partial charge in [0, 0.05) is 0 Å². The highest BCUT2D eigenvalue weighted by Gasteiger charge is 2.40. The van der Waals surface area contributed by atoms with E-state index in [-0.39, 0.29) is 5.97 Å². The molecule has 4 heteroatoms. The number of carbonyl (C=O) groups excluding carboxylic acids is 2. The molecular formula is C21H30O4. The topological polar surface area (TPSA) is 52.6 Å². The third kappa shape index (κ3) is 4.62. The van der Waals surface area contributed by atoms with Gasteiger partial charge in [-0.1, -0.05) is 43.7 Å². The van der Waals surface area contributed by atoms with Gasteiger partial charge in [0.25, 0.3) is 0 Å². The van der Waals surface area contributed by atoms with E-state index in [1.165, 1.54) is 0 Å². The first-order valence-corrected chi connectivity index (χ1v) is 9.30. The van der Waals surface area contributed by atoms with Crippen molar-refractivity contribution in [3.05, 3.63) is 35.9 Å². The SMILES string of the molecule is CCC(C)(C)C(=O)OC(C)C(=O)OC1(c2ccccc2)CCCCC1. The van der Waals surface area contributed by atoms with E-state index in [1.54, 1.807) is 6.92 Å². The van der Waals surface area contributed by atoms with Crippen LogP contribution in [0, 0.1) is 5.41 Å². The Labute approximate surface area is 150 Å². The summed E-state index contributed by atoms with van der Waals surface area (Å²) < 4.78 is 11.3. The van der Waals surface area contributed by atoms with E-state index in [0.29, 0.717) is 6.42 Å². The molecule has 1 aromatic rings. The van der Waals surface area contributed by atoms with Crippen LogP contribution >= 0.6 is 0 Å². The van der Waals surface area contributed by atoms with Crippen molar-refractivity contribution in [1.82, 2.24) is 0 Å². The summed E-state index contributed by atoms with van der Waals surface area (Å²) in [4.78, 5) is 24.9. The molecule has 4 nitrogen and oxygen atoms in total. The Balaban J connectivity index is 2.11. The van der Waals surface area contributed by atoms with Crippen molar-refractivity contribution in [1.29, 1.82) is 0 Å². The van der Waals surface area contributed by atoms with Gasteiger partial charge in [0.2, 0.25) is 0 Å². The molecule has 0 spiro atoms. The van der Waals surface area contributed by atoms with Gasteiger partial charge >= 0.3 is 11.9 Å². The Morgan fingerprint density at radius 1 is 1.12 bits per heavy atom. The van der Waals surface area contributed by atoms with E-state index in [2.05, 4.69) is 0 Å². The normalized spacial score (nSPS) is 18.2. The smallest absolute Gasteiger partial charge is 0.348 e. The molecule has 25 heavy (non-hydrogen) atoms. The zero-order valence-corrected chi connectivity index (χ0v) is 15.8. The van der Waals surface area contributed by atoms with E-state index in [0.717, 1.165) is 37.7 Å². The molecule has 1 fully saturated rings. The van der Waals surface area contributed by atoms with Gasteiger partial charge in [0.1, 0.15) is 5.60 Å². The molecule has 0 bridgehead atoms. The van der Waals surface area contributed by atoms with E-state index in [4.69, 9.17) is 9.47 Å². The third-order valence-corrected chi connectivity index (χ3v) is 5.31. The fraction of sp³-hybridized carbons (Fsp3) is 0.619. The number of benzene rings is 1. The lowest BCUT2D eigenvalue weighted by Crippen LogP contribution is -2.40. The van der Waals surface area contributed by atoms with E-state index < -0.39 is 23.1 Å². The molecule has 0 amide bonds. The zero-order chi connectivity index (χ0) is 18.5. The summed E-state index contributed by atoms with van der Waals surface area (Å²) in [5.41, 5.74) is -0.177. The molecule has 1 atom stereocenters. The first kappa shape index (κ1) is 19.5. The van der Waals surface area contributed by atoms with Crippen LogP contribution in [-0.4, -0.2) is 18.0 Å². The quantitative estimate of drug-likeness (QED) is 0.697. The Morgan fingerprint density at radius 2 is 1.72 bits per heavy atom. The van der Waals surface area contributed by atoms with Gasteiger partial charge in [0.15, 0.2) is 6.10 Å². The van der Waals surface area contributed by atoms with Gasteiger partial charge in [-0.05, 0) is 58.4 Å². The Morgan fingerprint density at radius 3 is 2.28 bits per heavy atom. The molecule has 0 aliphatic heterocycles. The fourth-order valence-corrected chi connectivity index (χ4v) is 3.10. The van der Waals surface area contributed by atoms with E-state index in [9.17, 15) is 9.59 Å². The zero-order valence-electron chi connectivity index (χ0n) is 15.8. The number of ether oxygens (including phenoxy) is 2. The second-order valence-electron chi connectivity index (χ2n) is 7.63. The number of rotatable bonds is 6. The summed E-state index contributed by atoms with van der Waals surface area (Å²) in [6.45, 7) is 7.16. The largest absolute Gasteiger partial charge is 0.451 e. The summed E-state index contributed by atoms with van der Waals surface area (Å²) in [6.07, 6.45) is 4.58. The maximum atomic E-state index is 12.6. The van der Waals surface area contributed by atoms with Gasteiger partial charge in [0.05, 0.1) is 5.41 Å². The molecule has 1 unspecified atom stereocenters. The summed E-state index contributed by atoms with van der Waals surface area (Å²) in [5.74, 6) is -0.831. The monoisotopic (exact) mass is 346 g/mol. The maximum absolute atomic E-state index is 12.6. The van der Waals surface area contributed by atoms with Crippen molar-refractivity contribution in [3.8, 4) is 0 Å². The van der Waals surface area contributed by atoms with Gasteiger partial charge < -0.3 is 9.47 Å². The fourth-order valence-electron chi connectivity index (χ4n) is 3.10. The van der Waals surface area contributed by atoms with Crippen LogP contribution in [0.3, 0.4) is 0 Å². The van der Waals surface area contributed by atoms with Gasteiger partial charge in [-0.25, -0.2) is 4.79 Å². The second kappa shape index (κ2) is 8.03. The van der Waals surface area contributed by atoms with E-state index in [1.807, 2.05) is 51.1 Å². The predicted molar refractivity (Wildman–Crippen MR) is 96.9 cm³/mol. The summed E-state index contributed by atoms with van der Waals surface area (Å²) in [7, 11) is 0. The molecule has 1 saturated carbocycles. The van der Waals surface area contributed by atoms with Crippen LogP contribution in [0.4, 0.5) is 0 Å². The molecule has 0 N–H and O–H groups in total. The lowest BCUT2D eigenvalue weighted by Gasteiger charge is -2.38. The van der Waals surface area contributed by atoms with E-state index >= 15 is 0 Å². The molecule has 1 aliphatic carbocycles. The molecule has 0 saturated heterocycles. The standard InChI is InChI=1S/C21H30O4/c1-5-20(3,4)19(23)24-16(2)18(22)25-21(14-10-7-11-15-21)17-12-8-6-9-13-17/h6,8-9,12-13,16H,5,7,10-11,14-15H2,1-4H3. The van der Waals surface area contributed by atoms with Crippen LogP contribution in [0.5, 0.6) is 0 Å². The molecule has 0 radical (unpaired) electrons. The highest BCUT2D eigenvalue weighted by atomic mass is 16.6. The Hall–Kier alpha value is -1.84. The number of hydrogen-bond donors (Lipinski definition) is 0. The van der Waals surface area contributed by atoms with Crippen molar-refractivity contribution in [2.75, 3.05) is 0 Å². The first-order chi connectivity index (χ1) is 11.8. The lowest BCUT2D eigenvalue weighted by molar-refractivity contribution is -0.185. The van der Waals surface area contributed by atoms with Crippen LogP contribution in [0.25, 0.3) is 0 Å². The molecule has 2 rings (SSSR count). The van der Waals surface area contributed by atoms with Crippen molar-refractivity contribution >= 4 is 11.9 Å². The average Bonchev–Trinajstić information content (AvgIpc) is 2.63. The first-order valence-electron chi connectivity index (χ1n) is 9.30. The number of carbonyl (C=O) groups is 2. The van der Waals surface area contributed by atoms with Gasteiger partial charge in [-0.15, -0.1) is 0 Å². The average molecular weight is 346 g/mol. The van der Waals surface area contributed by atoms with Crippen LogP contribution < -0.4 is 0 Å². The van der Waals surface area contributed by atoms with Crippen LogP contribution in [0.1, 0.15) is 71.8 Å². The Bertz CT molecular complexity index is 585. The summed E-state index contributed by atoms with van der Waals surface area (Å²) in [5, 5.41) is 0. The Kier molecular flexibility index (Phi) is 6.26. The second-order valence-corrected chi connectivity index (χ2v) is 7.63. The van der Waals surface area contributed by atoms with Crippen molar-refractivity contribution in [2.24, 2.45) is 5.41 Å². The van der Waals surface area contributed by atoms with Crippen molar-refractivity contribution in [2.45, 2.75) is 77.9 Å². The van der Waals surface area contributed by atoms with Gasteiger partial charge in [-0.3, -0.25) is 4.79 Å². The molecule has 138 valence electrons. The highest BCUT2D eigenvalue weighted by molar-refractivity contribution is 5.81. The minimum atomic E-state index is -0.902. The van der Waals surface area contributed by atoms with Crippen LogP contribution in [-0.2, 0) is 24.7 Å². The number of hydrogen-bond acceptors (Lipinski definition) is 4. The minimum absolute atomic E-state index is 0.364. The predicted octanol–water partition coefficient (Wildman–Crippen LogP) is 4.76. The molecule has 1 aromatic carbocycles. The van der Waals surface area contributed by atoms with Crippen molar-refractivity contribution in [3.63, 3.8) is 0 Å². The summed E-state index contributed by atoms with van der Waals surface area (Å²) >= 11 is 0. The lowest BCUT2D eigenvalue weighted by atomic mass is 9.79. The number of esters is 2. The molecule has 0 heterocycles. The van der Waals surface area contributed by atoms with Crippen molar-refractivity contribution < 1.29 is 19.1 Å². The van der Waals surface area contributed by atoms with Crippen LogP contribution in [0.15, 0.2) is 30.3 Å². The molecular weight excluding hydrogens is 316 g/mol. The molecule has 1 aliphatic rings. The third-order valence-electron chi connectivity index (χ3n) is 5.31. The minimum Gasteiger partial charge on any atom is -0.451 e. The maximum Gasteiger partial charge on any atom is 0.348 e. The van der Waals surface area contributed by atoms with Gasteiger partial charge in [-0.2, -0.15) is 0 Å².